The Hall–Kier alpha value is 0.260. The second-order valence-corrected chi connectivity index (χ2v) is 4.73. The van der Waals surface area contributed by atoms with Gasteiger partial charge in [0.25, 0.3) is 0 Å². The predicted octanol–water partition coefficient (Wildman–Crippen LogP) is 0.251. The van der Waals surface area contributed by atoms with Crippen molar-refractivity contribution in [3.05, 3.63) is 0 Å². The number of phosphoric ester groups is 2. The first-order chi connectivity index (χ1) is 4.91. The van der Waals surface area contributed by atoms with E-state index in [2.05, 4.69) is 13.4 Å². The maximum atomic E-state index is 10.6. The third-order valence-electron chi connectivity index (χ3n) is 0.799. The van der Waals surface area contributed by atoms with Crippen LogP contribution in [0.25, 0.3) is 0 Å². The van der Waals surface area contributed by atoms with Crippen LogP contribution in [0.1, 0.15) is 0 Å². The molecule has 0 aliphatic carbocycles. The normalized spacial score (nSPS) is 46.7. The van der Waals surface area contributed by atoms with E-state index in [0.717, 1.165) is 0 Å². The molecular formula is C2H6O7P2. The summed E-state index contributed by atoms with van der Waals surface area (Å²) in [4.78, 5) is 17.2. The van der Waals surface area contributed by atoms with Gasteiger partial charge < -0.3 is 9.79 Å². The van der Waals surface area contributed by atoms with Gasteiger partial charge in [-0.1, -0.05) is 0 Å². The molecule has 1 rings (SSSR count). The molecule has 7 nitrogen and oxygen atoms in total. The average molecular weight is 204 g/mol. The number of hydrogen-bond acceptors (Lipinski definition) is 5. The maximum absolute atomic E-state index is 10.6. The lowest BCUT2D eigenvalue weighted by Gasteiger charge is -2.08. The number of phosphoric acid groups is 2. The summed E-state index contributed by atoms with van der Waals surface area (Å²) in [6.45, 7) is -0.503. The Morgan fingerprint density at radius 1 is 1.00 bits per heavy atom. The first-order valence-electron chi connectivity index (χ1n) is 2.57. The van der Waals surface area contributed by atoms with Gasteiger partial charge in [0.15, 0.2) is 0 Å². The van der Waals surface area contributed by atoms with Crippen LogP contribution >= 0.6 is 15.6 Å². The van der Waals surface area contributed by atoms with Crippen LogP contribution in [0.2, 0.25) is 0 Å². The average Bonchev–Trinajstić information content (AvgIpc) is 1.86. The summed E-state index contributed by atoms with van der Waals surface area (Å²) in [6.07, 6.45) is 0. The van der Waals surface area contributed by atoms with Gasteiger partial charge in [0, 0.05) is 0 Å². The summed E-state index contributed by atoms with van der Waals surface area (Å²) < 4.78 is 33.2. The van der Waals surface area contributed by atoms with E-state index in [4.69, 9.17) is 9.79 Å². The molecule has 1 aliphatic rings. The van der Waals surface area contributed by atoms with Gasteiger partial charge in [-0.3, -0.25) is 9.05 Å². The zero-order valence-corrected chi connectivity index (χ0v) is 7.03. The Labute approximate surface area is 62.1 Å². The number of hydrogen-bond donors (Lipinski definition) is 2. The van der Waals surface area contributed by atoms with Crippen molar-refractivity contribution >= 4 is 15.6 Å². The van der Waals surface area contributed by atoms with Crippen LogP contribution in [0.4, 0.5) is 0 Å². The van der Waals surface area contributed by atoms with Crippen molar-refractivity contribution in [1.29, 1.82) is 0 Å². The molecule has 1 heterocycles. The molecule has 1 saturated heterocycles. The van der Waals surface area contributed by atoms with Gasteiger partial charge in [-0.15, -0.1) is 0 Å². The van der Waals surface area contributed by atoms with Gasteiger partial charge in [0.2, 0.25) is 0 Å². The molecule has 2 N–H and O–H groups in total. The van der Waals surface area contributed by atoms with Crippen LogP contribution in [0.5, 0.6) is 0 Å². The third-order valence-corrected chi connectivity index (χ3v) is 3.47. The second-order valence-electron chi connectivity index (χ2n) is 1.69. The molecule has 2 atom stereocenters. The van der Waals surface area contributed by atoms with Gasteiger partial charge in [-0.25, -0.2) is 9.13 Å². The SMILES string of the molecule is O=P1(O)OCCOP(=O)(O)O1. The molecule has 1 aliphatic heterocycles. The monoisotopic (exact) mass is 204 g/mol. The second kappa shape index (κ2) is 2.95. The van der Waals surface area contributed by atoms with Crippen LogP contribution in [-0.4, -0.2) is 23.0 Å². The van der Waals surface area contributed by atoms with E-state index in [1.165, 1.54) is 0 Å². The Morgan fingerprint density at radius 3 is 1.73 bits per heavy atom. The molecule has 0 aromatic rings. The Balaban J connectivity index is 2.78. The summed E-state index contributed by atoms with van der Waals surface area (Å²) in [6, 6.07) is 0. The lowest BCUT2D eigenvalue weighted by molar-refractivity contribution is 0.198. The van der Waals surface area contributed by atoms with E-state index in [-0.39, 0.29) is 13.2 Å². The summed E-state index contributed by atoms with van der Waals surface area (Å²) in [7, 11) is -8.78. The summed E-state index contributed by atoms with van der Waals surface area (Å²) in [5, 5.41) is 0. The van der Waals surface area contributed by atoms with Crippen LogP contribution in [0.3, 0.4) is 0 Å². The van der Waals surface area contributed by atoms with Crippen molar-refractivity contribution in [2.24, 2.45) is 0 Å². The van der Waals surface area contributed by atoms with Gasteiger partial charge in [-0.2, -0.15) is 4.31 Å². The third kappa shape index (κ3) is 3.01. The van der Waals surface area contributed by atoms with E-state index >= 15 is 0 Å². The lowest BCUT2D eigenvalue weighted by Crippen LogP contribution is -1.94. The van der Waals surface area contributed by atoms with Crippen LogP contribution < -0.4 is 0 Å². The molecule has 9 heteroatoms. The molecule has 0 aromatic heterocycles. The fourth-order valence-electron chi connectivity index (χ4n) is 0.483. The topological polar surface area (TPSA) is 102 Å². The summed E-state index contributed by atoms with van der Waals surface area (Å²) in [5.41, 5.74) is 0. The minimum atomic E-state index is -4.39. The molecule has 0 saturated carbocycles. The standard InChI is InChI=1S/C2H6O7P2/c3-10(4)7-1-2-8-11(5,6)9-10/h1-2H2,(H,3,4)(H,5,6). The fraction of sp³-hybridized carbons (Fsp3) is 1.00. The molecule has 0 radical (unpaired) electrons. The summed E-state index contributed by atoms with van der Waals surface area (Å²) in [5.74, 6) is 0. The zero-order valence-electron chi connectivity index (χ0n) is 5.24. The maximum Gasteiger partial charge on any atom is 0.481 e. The van der Waals surface area contributed by atoms with E-state index in [0.29, 0.717) is 0 Å². The van der Waals surface area contributed by atoms with Crippen LogP contribution in [-0.2, 0) is 22.5 Å². The summed E-state index contributed by atoms with van der Waals surface area (Å²) >= 11 is 0. The lowest BCUT2D eigenvalue weighted by atomic mass is 10.8. The molecule has 0 aromatic carbocycles. The molecule has 0 spiro atoms. The van der Waals surface area contributed by atoms with Crippen LogP contribution in [0, 0.1) is 0 Å². The molecule has 2 unspecified atom stereocenters. The fourth-order valence-corrected chi connectivity index (χ4v) is 2.51. The van der Waals surface area contributed by atoms with E-state index < -0.39 is 15.6 Å². The Kier molecular flexibility index (Phi) is 2.51. The first-order valence-corrected chi connectivity index (χ1v) is 5.56. The van der Waals surface area contributed by atoms with Crippen molar-refractivity contribution in [2.75, 3.05) is 13.2 Å². The highest BCUT2D eigenvalue weighted by molar-refractivity contribution is 7.61. The van der Waals surface area contributed by atoms with Crippen molar-refractivity contribution in [1.82, 2.24) is 0 Å². The van der Waals surface area contributed by atoms with Gasteiger partial charge in [-0.05, 0) is 0 Å². The van der Waals surface area contributed by atoms with Gasteiger partial charge in [0.05, 0.1) is 13.2 Å². The smallest absolute Gasteiger partial charge is 0.302 e. The molecule has 0 amide bonds. The van der Waals surface area contributed by atoms with E-state index in [1.807, 2.05) is 0 Å². The van der Waals surface area contributed by atoms with Crippen molar-refractivity contribution < 1.29 is 32.3 Å². The van der Waals surface area contributed by atoms with Crippen molar-refractivity contribution in [3.63, 3.8) is 0 Å². The first kappa shape index (κ1) is 9.35. The highest BCUT2D eigenvalue weighted by atomic mass is 31.3. The molecular weight excluding hydrogens is 198 g/mol. The largest absolute Gasteiger partial charge is 0.481 e. The molecule has 66 valence electrons. The quantitative estimate of drug-likeness (QED) is 0.545. The van der Waals surface area contributed by atoms with Gasteiger partial charge in [0.1, 0.15) is 0 Å². The zero-order chi connectivity index (χ0) is 8.54. The van der Waals surface area contributed by atoms with Crippen molar-refractivity contribution in [2.45, 2.75) is 0 Å². The highest BCUT2D eigenvalue weighted by Crippen LogP contribution is 2.61. The van der Waals surface area contributed by atoms with Crippen LogP contribution in [0.15, 0.2) is 0 Å². The minimum Gasteiger partial charge on any atom is -0.302 e. The Morgan fingerprint density at radius 2 is 1.36 bits per heavy atom. The van der Waals surface area contributed by atoms with E-state index in [9.17, 15) is 9.13 Å². The minimum absolute atomic E-state index is 0.252. The van der Waals surface area contributed by atoms with E-state index in [1.54, 1.807) is 0 Å². The molecule has 11 heavy (non-hydrogen) atoms. The van der Waals surface area contributed by atoms with Crippen molar-refractivity contribution in [3.8, 4) is 0 Å². The van der Waals surface area contributed by atoms with Gasteiger partial charge >= 0.3 is 15.6 Å². The predicted molar refractivity (Wildman–Crippen MR) is 32.6 cm³/mol. The molecule has 0 bridgehead atoms. The Bertz CT molecular complexity index is 211. The highest BCUT2D eigenvalue weighted by Gasteiger charge is 2.37. The number of rotatable bonds is 0. The molecule has 1 fully saturated rings.